The molecule has 6 nitrogen and oxygen atoms in total. The number of aromatic hydroxyl groups is 1. The number of likely N-dealkylation sites (tertiary alicyclic amines) is 1. The van der Waals surface area contributed by atoms with Crippen LogP contribution in [0, 0.1) is 0 Å². The van der Waals surface area contributed by atoms with Gasteiger partial charge >= 0.3 is 0 Å². The van der Waals surface area contributed by atoms with Gasteiger partial charge in [0.15, 0.2) is 5.69 Å². The second kappa shape index (κ2) is 9.41. The van der Waals surface area contributed by atoms with E-state index >= 15 is 0 Å². The third kappa shape index (κ3) is 4.50. The van der Waals surface area contributed by atoms with Crippen LogP contribution in [0.5, 0.6) is 5.88 Å². The first-order chi connectivity index (χ1) is 14.5. The maximum absolute atomic E-state index is 12.5. The van der Waals surface area contributed by atoms with Crippen LogP contribution in [0.3, 0.4) is 0 Å². The van der Waals surface area contributed by atoms with Crippen molar-refractivity contribution >= 4 is 54.4 Å². The Morgan fingerprint density at radius 3 is 2.50 bits per heavy atom. The first-order valence-electron chi connectivity index (χ1n) is 9.98. The van der Waals surface area contributed by atoms with Crippen LogP contribution < -0.4 is 0 Å². The molecule has 0 bridgehead atoms. The summed E-state index contributed by atoms with van der Waals surface area (Å²) in [5.41, 5.74) is 1.60. The van der Waals surface area contributed by atoms with Gasteiger partial charge in [0.2, 0.25) is 5.88 Å². The van der Waals surface area contributed by atoms with Crippen LogP contribution in [0.4, 0.5) is 5.69 Å². The topological polar surface area (TPSA) is 70.2 Å². The zero-order valence-electron chi connectivity index (χ0n) is 16.4. The number of carbonyl (C=O) groups excluding carboxylic acids is 1. The Balaban J connectivity index is 1.70. The number of amides is 1. The number of carbonyl (C=O) groups is 1. The van der Waals surface area contributed by atoms with Crippen molar-refractivity contribution in [3.63, 3.8) is 0 Å². The van der Waals surface area contributed by atoms with Crippen LogP contribution >= 0.6 is 31.9 Å². The molecule has 1 saturated heterocycles. The van der Waals surface area contributed by atoms with E-state index in [-0.39, 0.29) is 5.88 Å². The fraction of sp³-hybridized carbons (Fsp3) is 0.318. The monoisotopic (exact) mass is 532 g/mol. The van der Waals surface area contributed by atoms with Crippen molar-refractivity contribution < 1.29 is 9.90 Å². The summed E-state index contributed by atoms with van der Waals surface area (Å²) in [4.78, 5) is 14.9. The molecule has 1 amide bonds. The molecule has 0 atom stereocenters. The van der Waals surface area contributed by atoms with E-state index in [1.54, 1.807) is 18.2 Å². The van der Waals surface area contributed by atoms with Gasteiger partial charge in [-0.3, -0.25) is 14.3 Å². The van der Waals surface area contributed by atoms with Gasteiger partial charge in [0.1, 0.15) is 0 Å². The lowest BCUT2D eigenvalue weighted by molar-refractivity contribution is 0.0994. The summed E-state index contributed by atoms with van der Waals surface area (Å²) in [6.45, 7) is 2.59. The van der Waals surface area contributed by atoms with Gasteiger partial charge in [-0.25, -0.2) is 0 Å². The third-order valence-electron chi connectivity index (χ3n) is 5.36. The highest BCUT2D eigenvalue weighted by Crippen LogP contribution is 2.40. The number of azo groups is 1. The van der Waals surface area contributed by atoms with Gasteiger partial charge in [0.25, 0.3) is 5.91 Å². The average Bonchev–Trinajstić information content (AvgIpc) is 2.90. The Labute approximate surface area is 191 Å². The van der Waals surface area contributed by atoms with Gasteiger partial charge in [-0.15, -0.1) is 10.2 Å². The minimum atomic E-state index is -0.467. The summed E-state index contributed by atoms with van der Waals surface area (Å²) in [7, 11) is 0. The molecule has 1 fully saturated rings. The van der Waals surface area contributed by atoms with Crippen molar-refractivity contribution in [1.82, 2.24) is 9.47 Å². The van der Waals surface area contributed by atoms with Gasteiger partial charge in [-0.05, 0) is 72.2 Å². The molecule has 2 aromatic carbocycles. The van der Waals surface area contributed by atoms with Crippen molar-refractivity contribution in [3.05, 3.63) is 57.0 Å². The quantitative estimate of drug-likeness (QED) is 0.382. The highest BCUT2D eigenvalue weighted by atomic mass is 79.9. The number of benzene rings is 2. The molecule has 0 unspecified atom stereocenters. The summed E-state index contributed by atoms with van der Waals surface area (Å²) >= 11 is 6.85. The van der Waals surface area contributed by atoms with E-state index in [0.717, 1.165) is 28.5 Å². The number of fused-ring (bicyclic) bond motifs is 1. The number of halogens is 2. The van der Waals surface area contributed by atoms with Crippen molar-refractivity contribution in [2.75, 3.05) is 13.1 Å². The largest absolute Gasteiger partial charge is 0.493 e. The Bertz CT molecular complexity index is 1100. The first kappa shape index (κ1) is 21.2. The van der Waals surface area contributed by atoms with E-state index < -0.39 is 5.91 Å². The third-order valence-corrected chi connectivity index (χ3v) is 6.54. The standard InChI is InChI=1S/C22H22Br2N4O2/c23-15-9-10-19-17(13-15)20(25-26-21(29)16-7-3-4-8-18(16)24)22(30)28(19)14-27-11-5-1-2-6-12-27/h3-4,7-10,13,30H,1-2,5-6,11-12,14H2. The SMILES string of the molecule is O=C(N=Nc1c(O)n(CN2CCCCCC2)c2ccc(Br)cc12)c1ccccc1Br. The highest BCUT2D eigenvalue weighted by Gasteiger charge is 2.20. The summed E-state index contributed by atoms with van der Waals surface area (Å²) in [5.74, 6) is -0.443. The van der Waals surface area contributed by atoms with Crippen LogP contribution in [-0.4, -0.2) is 33.6 Å². The minimum Gasteiger partial charge on any atom is -0.493 e. The smallest absolute Gasteiger partial charge is 0.296 e. The zero-order valence-corrected chi connectivity index (χ0v) is 19.6. The summed E-state index contributed by atoms with van der Waals surface area (Å²) in [5, 5.41) is 19.8. The number of nitrogens with zero attached hydrogens (tertiary/aromatic N) is 4. The molecule has 2 heterocycles. The normalized spacial score (nSPS) is 15.7. The summed E-state index contributed by atoms with van der Waals surface area (Å²) < 4.78 is 3.38. The second-order valence-corrected chi connectivity index (χ2v) is 9.19. The number of rotatable bonds is 4. The Hall–Kier alpha value is -2.03. The van der Waals surface area contributed by atoms with E-state index in [9.17, 15) is 9.90 Å². The van der Waals surface area contributed by atoms with Crippen molar-refractivity contribution in [2.45, 2.75) is 32.4 Å². The molecule has 3 aromatic rings. The molecule has 30 heavy (non-hydrogen) atoms. The Kier molecular flexibility index (Phi) is 6.65. The minimum absolute atomic E-state index is 0.0241. The van der Waals surface area contributed by atoms with Crippen LogP contribution in [0.1, 0.15) is 36.0 Å². The lowest BCUT2D eigenvalue weighted by Crippen LogP contribution is -2.27. The van der Waals surface area contributed by atoms with Crippen molar-refractivity contribution in [3.8, 4) is 5.88 Å². The van der Waals surface area contributed by atoms with Gasteiger partial charge in [0.05, 0.1) is 17.7 Å². The number of hydrogen-bond donors (Lipinski definition) is 1. The van der Waals surface area contributed by atoms with Crippen molar-refractivity contribution in [2.24, 2.45) is 10.2 Å². The number of hydrogen-bond acceptors (Lipinski definition) is 4. The van der Waals surface area contributed by atoms with E-state index in [2.05, 4.69) is 47.0 Å². The fourth-order valence-corrected chi connectivity index (χ4v) is 4.61. The second-order valence-electron chi connectivity index (χ2n) is 7.42. The molecule has 156 valence electrons. The predicted octanol–water partition coefficient (Wildman–Crippen LogP) is 6.63. The molecule has 4 rings (SSSR count). The fourth-order valence-electron chi connectivity index (χ4n) is 3.80. The summed E-state index contributed by atoms with van der Waals surface area (Å²) in [6, 6.07) is 12.9. The molecule has 1 N–H and O–H groups in total. The molecule has 1 aromatic heterocycles. The maximum Gasteiger partial charge on any atom is 0.296 e. The van der Waals surface area contributed by atoms with E-state index in [1.807, 2.05) is 28.8 Å². The highest BCUT2D eigenvalue weighted by molar-refractivity contribution is 9.10. The molecular formula is C22H22Br2N4O2. The molecule has 1 aliphatic rings. The van der Waals surface area contributed by atoms with Gasteiger partial charge in [0, 0.05) is 14.3 Å². The molecule has 0 radical (unpaired) electrons. The molecular weight excluding hydrogens is 512 g/mol. The van der Waals surface area contributed by atoms with E-state index in [1.165, 1.54) is 25.7 Å². The number of aromatic nitrogens is 1. The van der Waals surface area contributed by atoms with Crippen molar-refractivity contribution in [1.29, 1.82) is 0 Å². The molecule has 8 heteroatoms. The average molecular weight is 534 g/mol. The predicted molar refractivity (Wildman–Crippen MR) is 124 cm³/mol. The van der Waals surface area contributed by atoms with Gasteiger partial charge in [-0.2, -0.15) is 0 Å². The van der Waals surface area contributed by atoms with Gasteiger partial charge < -0.3 is 5.11 Å². The Morgan fingerprint density at radius 2 is 1.77 bits per heavy atom. The molecule has 1 aliphatic heterocycles. The van der Waals surface area contributed by atoms with Crippen LogP contribution in [-0.2, 0) is 6.67 Å². The Morgan fingerprint density at radius 1 is 1.03 bits per heavy atom. The first-order valence-corrected chi connectivity index (χ1v) is 11.6. The molecule has 0 aliphatic carbocycles. The molecule has 0 spiro atoms. The van der Waals surface area contributed by atoms with E-state index in [0.29, 0.717) is 22.4 Å². The van der Waals surface area contributed by atoms with E-state index in [4.69, 9.17) is 0 Å². The van der Waals surface area contributed by atoms with Gasteiger partial charge in [-0.1, -0.05) is 40.9 Å². The van der Waals surface area contributed by atoms with Crippen LogP contribution in [0.25, 0.3) is 10.9 Å². The van der Waals surface area contributed by atoms with Crippen LogP contribution in [0.2, 0.25) is 0 Å². The molecule has 0 saturated carbocycles. The lowest BCUT2D eigenvalue weighted by Gasteiger charge is -2.21. The lowest BCUT2D eigenvalue weighted by atomic mass is 10.2. The van der Waals surface area contributed by atoms with Crippen LogP contribution in [0.15, 0.2) is 61.6 Å². The summed E-state index contributed by atoms with van der Waals surface area (Å²) in [6.07, 6.45) is 4.83. The zero-order chi connectivity index (χ0) is 21.1. The maximum atomic E-state index is 12.5.